The summed E-state index contributed by atoms with van der Waals surface area (Å²) in [6.45, 7) is 4.53. The molecule has 0 aliphatic carbocycles. The Morgan fingerprint density at radius 2 is 1.39 bits per heavy atom. The predicted octanol–water partition coefficient (Wildman–Crippen LogP) is 12.6. The number of nitrogens with one attached hydrogen (secondary N) is 1. The van der Waals surface area contributed by atoms with Crippen LogP contribution in [0.5, 0.6) is 0 Å². The first-order valence-electron chi connectivity index (χ1n) is 19.0. The molecule has 260 valence electrons. The van der Waals surface area contributed by atoms with E-state index in [0.29, 0.717) is 0 Å². The molecule has 10 rings (SSSR count). The summed E-state index contributed by atoms with van der Waals surface area (Å²) in [7, 11) is 0. The molecule has 0 radical (unpaired) electrons. The van der Waals surface area contributed by atoms with Crippen molar-refractivity contribution in [2.75, 3.05) is 0 Å². The third kappa shape index (κ3) is 5.17. The van der Waals surface area contributed by atoms with Gasteiger partial charge in [-0.05, 0) is 88.7 Å². The number of furan rings is 1. The van der Waals surface area contributed by atoms with E-state index < -0.39 is 0 Å². The van der Waals surface area contributed by atoms with Crippen molar-refractivity contribution in [2.24, 2.45) is 4.99 Å². The second-order valence-electron chi connectivity index (χ2n) is 14.1. The van der Waals surface area contributed by atoms with Crippen molar-refractivity contribution >= 4 is 55.3 Å². The van der Waals surface area contributed by atoms with Crippen molar-refractivity contribution < 1.29 is 4.42 Å². The highest BCUT2D eigenvalue weighted by Gasteiger charge is 2.24. The number of rotatable bonds is 7. The fourth-order valence-corrected chi connectivity index (χ4v) is 8.51. The maximum atomic E-state index is 6.63. The van der Waals surface area contributed by atoms with E-state index in [9.17, 15) is 0 Å². The highest BCUT2D eigenvalue weighted by molar-refractivity contribution is 6.17. The van der Waals surface area contributed by atoms with Crippen LogP contribution < -0.4 is 5.32 Å². The number of hydrogen-bond donors (Lipinski definition) is 1. The number of aromatic nitrogens is 1. The Bertz CT molecular complexity index is 2930. The molecule has 0 amide bonds. The van der Waals surface area contributed by atoms with Crippen LogP contribution in [0.1, 0.15) is 47.7 Å². The number of aliphatic imine (C=N–C) groups is 1. The normalized spacial score (nSPS) is 14.4. The van der Waals surface area contributed by atoms with Crippen LogP contribution >= 0.6 is 0 Å². The number of fused-ring (bicyclic) bond motifs is 6. The molecule has 54 heavy (non-hydrogen) atoms. The lowest BCUT2D eigenvalue weighted by Crippen LogP contribution is -2.31. The molecule has 0 spiro atoms. The van der Waals surface area contributed by atoms with Crippen LogP contribution in [0.25, 0.3) is 66.3 Å². The summed E-state index contributed by atoms with van der Waals surface area (Å²) in [4.78, 5) is 5.23. The minimum absolute atomic E-state index is 0.0293. The van der Waals surface area contributed by atoms with Gasteiger partial charge >= 0.3 is 0 Å². The largest absolute Gasteiger partial charge is 0.456 e. The zero-order chi connectivity index (χ0) is 36.2. The first-order chi connectivity index (χ1) is 26.7. The molecule has 0 saturated heterocycles. The minimum atomic E-state index is -0.0293. The summed E-state index contributed by atoms with van der Waals surface area (Å²) >= 11 is 0. The second kappa shape index (κ2) is 13.1. The van der Waals surface area contributed by atoms with Gasteiger partial charge in [-0.15, -0.1) is 0 Å². The Morgan fingerprint density at radius 3 is 2.22 bits per heavy atom. The smallest absolute Gasteiger partial charge is 0.137 e. The van der Waals surface area contributed by atoms with Gasteiger partial charge in [0, 0.05) is 21.7 Å². The number of aryl methyl sites for hydroxylation is 2. The van der Waals surface area contributed by atoms with Crippen LogP contribution in [0.15, 0.2) is 173 Å². The summed E-state index contributed by atoms with van der Waals surface area (Å²) in [5, 5.41) is 8.43. The predicted molar refractivity (Wildman–Crippen MR) is 226 cm³/mol. The summed E-state index contributed by atoms with van der Waals surface area (Å²) in [6, 6.07) is 56.3. The molecule has 0 fully saturated rings. The molecular formula is C50H39N3O. The molecule has 1 aliphatic heterocycles. The molecule has 4 heteroatoms. The van der Waals surface area contributed by atoms with Crippen molar-refractivity contribution in [3.63, 3.8) is 0 Å². The van der Waals surface area contributed by atoms with Gasteiger partial charge in [-0.1, -0.05) is 135 Å². The number of hydrogen-bond acceptors (Lipinski definition) is 3. The van der Waals surface area contributed by atoms with Crippen LogP contribution in [-0.4, -0.2) is 10.4 Å². The monoisotopic (exact) mass is 697 g/mol. The Labute approximate surface area is 314 Å². The van der Waals surface area contributed by atoms with Gasteiger partial charge in [0.1, 0.15) is 17.0 Å². The fraction of sp³-hybridized carbons (Fsp3) is 0.100. The van der Waals surface area contributed by atoms with Gasteiger partial charge in [0.25, 0.3) is 0 Å². The maximum absolute atomic E-state index is 6.63. The standard InChI is InChI=1S/C50H39N3O/c1-3-32-16-11-12-21-37(32)38-27-28-40-39-22-13-14-23-44(39)53(49(40)36(38)4-2)45-24-15-25-47-48(45)41-30-35(26-29-46(41)54-47)50-51-42(33-17-7-5-8-18-33)31-43(52-50)34-19-9-6-10-20-34/h5-31,42H,3-4H2,1-2H3,(H,51,52). The first kappa shape index (κ1) is 32.0. The van der Waals surface area contributed by atoms with Crippen LogP contribution in [0, 0.1) is 0 Å². The number of amidine groups is 1. The quantitative estimate of drug-likeness (QED) is 0.180. The number of benzene rings is 7. The molecule has 0 saturated carbocycles. The highest BCUT2D eigenvalue weighted by Crippen LogP contribution is 2.43. The van der Waals surface area contributed by atoms with Gasteiger partial charge in [-0.25, -0.2) is 4.99 Å². The van der Waals surface area contributed by atoms with E-state index in [-0.39, 0.29) is 6.04 Å². The lowest BCUT2D eigenvalue weighted by atomic mass is 9.91. The zero-order valence-electron chi connectivity index (χ0n) is 30.4. The molecule has 7 aromatic carbocycles. The van der Waals surface area contributed by atoms with Crippen molar-refractivity contribution in [3.8, 4) is 16.8 Å². The average Bonchev–Trinajstić information content (AvgIpc) is 3.79. The van der Waals surface area contributed by atoms with Gasteiger partial charge in [0.15, 0.2) is 0 Å². The van der Waals surface area contributed by atoms with E-state index in [0.717, 1.165) is 63.1 Å². The molecule has 4 nitrogen and oxygen atoms in total. The van der Waals surface area contributed by atoms with E-state index in [1.54, 1.807) is 0 Å². The fourth-order valence-electron chi connectivity index (χ4n) is 8.51. The van der Waals surface area contributed by atoms with Gasteiger partial charge in [-0.3, -0.25) is 0 Å². The van der Waals surface area contributed by atoms with Gasteiger partial charge in [0.05, 0.1) is 33.8 Å². The van der Waals surface area contributed by atoms with E-state index >= 15 is 0 Å². The molecule has 1 N–H and O–H groups in total. The third-order valence-electron chi connectivity index (χ3n) is 11.0. The molecule has 1 unspecified atom stereocenters. The highest BCUT2D eigenvalue weighted by atomic mass is 16.3. The van der Waals surface area contributed by atoms with Crippen LogP contribution in [0.4, 0.5) is 0 Å². The summed E-state index contributed by atoms with van der Waals surface area (Å²) in [6.07, 6.45) is 4.11. The number of para-hydroxylation sites is 1. The van der Waals surface area contributed by atoms with E-state index in [1.807, 2.05) is 6.07 Å². The third-order valence-corrected chi connectivity index (χ3v) is 11.0. The van der Waals surface area contributed by atoms with Crippen molar-refractivity contribution in [3.05, 3.63) is 192 Å². The minimum Gasteiger partial charge on any atom is -0.456 e. The maximum Gasteiger partial charge on any atom is 0.137 e. The molecule has 9 aromatic rings. The molecule has 1 aliphatic rings. The zero-order valence-corrected chi connectivity index (χ0v) is 30.4. The first-order valence-corrected chi connectivity index (χ1v) is 19.0. The van der Waals surface area contributed by atoms with E-state index in [1.165, 1.54) is 49.6 Å². The lowest BCUT2D eigenvalue weighted by molar-refractivity contribution is 0.669. The van der Waals surface area contributed by atoms with E-state index in [4.69, 9.17) is 9.41 Å². The SMILES string of the molecule is CCc1ccccc1-c1ccc2c3ccccc3n(-c3cccc4oc5ccc(C6=NC(c7ccccc7)=CC(c7ccccc7)N6)cc5c34)c2c1CC. The Kier molecular flexibility index (Phi) is 7.76. The van der Waals surface area contributed by atoms with Gasteiger partial charge in [-0.2, -0.15) is 0 Å². The molecule has 1 atom stereocenters. The van der Waals surface area contributed by atoms with Crippen LogP contribution in [0.3, 0.4) is 0 Å². The Balaban J connectivity index is 1.21. The second-order valence-corrected chi connectivity index (χ2v) is 14.1. The molecule has 0 bridgehead atoms. The Hall–Kier alpha value is -6.65. The van der Waals surface area contributed by atoms with Gasteiger partial charge < -0.3 is 14.3 Å². The van der Waals surface area contributed by atoms with Gasteiger partial charge in [0.2, 0.25) is 0 Å². The van der Waals surface area contributed by atoms with Crippen molar-refractivity contribution in [2.45, 2.75) is 32.7 Å². The summed E-state index contributed by atoms with van der Waals surface area (Å²) in [5.74, 6) is 0.836. The number of nitrogens with zero attached hydrogens (tertiary/aromatic N) is 2. The molecule has 3 heterocycles. The van der Waals surface area contributed by atoms with Crippen LogP contribution in [0.2, 0.25) is 0 Å². The van der Waals surface area contributed by atoms with E-state index in [2.05, 4.69) is 181 Å². The van der Waals surface area contributed by atoms with Crippen molar-refractivity contribution in [1.82, 2.24) is 9.88 Å². The molecule has 2 aromatic heterocycles. The topological polar surface area (TPSA) is 42.5 Å². The average molecular weight is 698 g/mol. The lowest BCUT2D eigenvalue weighted by Gasteiger charge is -2.24. The van der Waals surface area contributed by atoms with Crippen molar-refractivity contribution in [1.29, 1.82) is 0 Å². The summed E-state index contributed by atoms with van der Waals surface area (Å²) in [5.41, 5.74) is 14.8. The molecular weight excluding hydrogens is 659 g/mol. The Morgan fingerprint density at radius 1 is 0.611 bits per heavy atom. The summed E-state index contributed by atoms with van der Waals surface area (Å²) < 4.78 is 9.12. The van der Waals surface area contributed by atoms with Crippen LogP contribution in [-0.2, 0) is 12.8 Å².